The molecule has 2 aromatic heterocycles. The minimum Gasteiger partial charge on any atom is -0.508 e. The van der Waals surface area contributed by atoms with E-state index in [1.807, 2.05) is 24.3 Å². The normalized spacial score (nSPS) is 22.1. The number of nitrogens with one attached hydrogen (secondary N) is 1. The Morgan fingerprint density at radius 3 is 2.59 bits per heavy atom. The van der Waals surface area contributed by atoms with E-state index < -0.39 is 5.82 Å². The molecule has 3 saturated heterocycles. The minimum atomic E-state index is -0.549. The van der Waals surface area contributed by atoms with Crippen LogP contribution in [0.15, 0.2) is 42.6 Å². The summed E-state index contributed by atoms with van der Waals surface area (Å²) in [5.41, 5.74) is 0.833. The molecule has 5 heterocycles. The van der Waals surface area contributed by atoms with Gasteiger partial charge in [-0.05, 0) is 35.7 Å². The molecule has 2 N–H and O–H groups in total. The lowest BCUT2D eigenvalue weighted by molar-refractivity contribution is 0.0219. The molecule has 0 aliphatic carbocycles. The smallest absolute Gasteiger partial charge is 0.319 e. The Balaban J connectivity index is 1.39. The third-order valence-corrected chi connectivity index (χ3v) is 7.70. The molecule has 2 aromatic carbocycles. The summed E-state index contributed by atoms with van der Waals surface area (Å²) >= 11 is 0. The van der Waals surface area contributed by atoms with Crippen LogP contribution in [0.1, 0.15) is 25.7 Å². The van der Waals surface area contributed by atoms with E-state index in [4.69, 9.17) is 14.5 Å². The molecule has 0 saturated carbocycles. The topological polar surface area (TPSA) is 92.6 Å². The molecule has 0 spiro atoms. The van der Waals surface area contributed by atoms with E-state index in [9.17, 15) is 5.11 Å². The molecule has 2 atom stereocenters. The highest BCUT2D eigenvalue weighted by Crippen LogP contribution is 2.37. The van der Waals surface area contributed by atoms with Gasteiger partial charge in [-0.15, -0.1) is 0 Å². The van der Waals surface area contributed by atoms with E-state index in [2.05, 4.69) is 20.2 Å². The van der Waals surface area contributed by atoms with Crippen LogP contribution in [0.5, 0.6) is 11.8 Å². The SMILES string of the molecule is Oc1cc(-c2ncc3c(N4CC5CCC(C4)N5)nc(OC4CCOCC4)nc3c2F)c2ccccc2c1. The molecular weight excluding hydrogens is 473 g/mol. The second kappa shape index (κ2) is 9.08. The zero-order valence-corrected chi connectivity index (χ0v) is 20.4. The zero-order valence-electron chi connectivity index (χ0n) is 20.4. The largest absolute Gasteiger partial charge is 0.508 e. The van der Waals surface area contributed by atoms with Crippen LogP contribution in [0.25, 0.3) is 32.9 Å². The van der Waals surface area contributed by atoms with E-state index in [-0.39, 0.29) is 29.1 Å². The Morgan fingerprint density at radius 1 is 1.00 bits per heavy atom. The Hall–Kier alpha value is -3.56. The van der Waals surface area contributed by atoms with Gasteiger partial charge in [-0.1, -0.05) is 24.3 Å². The minimum absolute atomic E-state index is 0.0539. The number of phenols is 1. The first kappa shape index (κ1) is 22.6. The summed E-state index contributed by atoms with van der Waals surface area (Å²) in [6.07, 6.45) is 5.32. The number of rotatable bonds is 4. The van der Waals surface area contributed by atoms with E-state index in [1.165, 1.54) is 0 Å². The van der Waals surface area contributed by atoms with Crippen molar-refractivity contribution >= 4 is 27.5 Å². The van der Waals surface area contributed by atoms with Crippen LogP contribution in [0.2, 0.25) is 0 Å². The maximum Gasteiger partial charge on any atom is 0.319 e. The number of halogens is 1. The third-order valence-electron chi connectivity index (χ3n) is 7.70. The Kier molecular flexibility index (Phi) is 5.55. The van der Waals surface area contributed by atoms with Crippen molar-refractivity contribution in [2.75, 3.05) is 31.2 Å². The number of piperazine rings is 1. The van der Waals surface area contributed by atoms with Crippen LogP contribution in [0.3, 0.4) is 0 Å². The lowest BCUT2D eigenvalue weighted by atomic mass is 10.00. The number of aromatic hydroxyl groups is 1. The van der Waals surface area contributed by atoms with Gasteiger partial charge >= 0.3 is 6.01 Å². The number of ether oxygens (including phenoxy) is 2. The van der Waals surface area contributed by atoms with Gasteiger partial charge in [0.2, 0.25) is 0 Å². The third kappa shape index (κ3) is 4.12. The quantitative estimate of drug-likeness (QED) is 0.430. The van der Waals surface area contributed by atoms with Gasteiger partial charge in [-0.25, -0.2) is 4.39 Å². The Labute approximate surface area is 213 Å². The van der Waals surface area contributed by atoms with E-state index in [0.717, 1.165) is 49.5 Å². The molecule has 7 rings (SSSR count). The lowest BCUT2D eigenvalue weighted by Crippen LogP contribution is -2.51. The summed E-state index contributed by atoms with van der Waals surface area (Å²) in [7, 11) is 0. The van der Waals surface area contributed by atoms with Crippen molar-refractivity contribution in [3.8, 4) is 23.0 Å². The van der Waals surface area contributed by atoms with Gasteiger partial charge in [-0.3, -0.25) is 4.98 Å². The predicted molar refractivity (Wildman–Crippen MR) is 139 cm³/mol. The van der Waals surface area contributed by atoms with Crippen molar-refractivity contribution in [3.05, 3.63) is 48.4 Å². The van der Waals surface area contributed by atoms with E-state index >= 15 is 4.39 Å². The van der Waals surface area contributed by atoms with Crippen molar-refractivity contribution in [1.29, 1.82) is 0 Å². The number of benzene rings is 2. The molecule has 3 fully saturated rings. The average Bonchev–Trinajstić information content (AvgIpc) is 3.26. The highest BCUT2D eigenvalue weighted by molar-refractivity contribution is 5.99. The molecule has 2 unspecified atom stereocenters. The summed E-state index contributed by atoms with van der Waals surface area (Å²) in [6.45, 7) is 2.83. The van der Waals surface area contributed by atoms with Crippen molar-refractivity contribution in [2.45, 2.75) is 43.9 Å². The molecular formula is C28H28FN5O3. The van der Waals surface area contributed by atoms with E-state index in [1.54, 1.807) is 18.3 Å². The Morgan fingerprint density at radius 2 is 1.78 bits per heavy atom. The van der Waals surface area contributed by atoms with Gasteiger partial charge in [-0.2, -0.15) is 9.97 Å². The molecule has 3 aliphatic rings. The van der Waals surface area contributed by atoms with Crippen LogP contribution in [-0.2, 0) is 4.74 Å². The standard InChI is InChI=1S/C28H28FN5O3/c29-24-25(22-12-19(35)11-16-3-1-2-4-21(16)22)30-13-23-26(24)32-28(37-20-7-9-36-10-8-20)33-27(23)34-14-17-5-6-18(15-34)31-17/h1-4,11-13,17-18,20,31,35H,5-10,14-15H2. The van der Waals surface area contributed by atoms with Crippen molar-refractivity contribution < 1.29 is 19.0 Å². The molecule has 2 bridgehead atoms. The summed E-state index contributed by atoms with van der Waals surface area (Å²) in [5, 5.41) is 16.2. The van der Waals surface area contributed by atoms with Crippen molar-refractivity contribution in [2.24, 2.45) is 0 Å². The fourth-order valence-electron chi connectivity index (χ4n) is 5.91. The molecule has 8 nitrogen and oxygen atoms in total. The first-order chi connectivity index (χ1) is 18.1. The highest BCUT2D eigenvalue weighted by atomic mass is 19.1. The number of phenolic OH excluding ortho intramolecular Hbond substituents is 1. The monoisotopic (exact) mass is 501 g/mol. The number of aromatic nitrogens is 3. The van der Waals surface area contributed by atoms with Crippen LogP contribution in [-0.4, -0.2) is 64.5 Å². The van der Waals surface area contributed by atoms with Crippen LogP contribution < -0.4 is 15.0 Å². The summed E-state index contributed by atoms with van der Waals surface area (Å²) in [5.74, 6) is 0.161. The molecule has 37 heavy (non-hydrogen) atoms. The first-order valence-corrected chi connectivity index (χ1v) is 13.0. The van der Waals surface area contributed by atoms with E-state index in [0.29, 0.717) is 42.1 Å². The highest BCUT2D eigenvalue weighted by Gasteiger charge is 2.34. The second-order valence-corrected chi connectivity index (χ2v) is 10.2. The lowest BCUT2D eigenvalue weighted by Gasteiger charge is -2.34. The van der Waals surface area contributed by atoms with Crippen LogP contribution in [0.4, 0.5) is 10.2 Å². The molecule has 9 heteroatoms. The maximum atomic E-state index is 16.3. The number of pyridine rings is 1. The van der Waals surface area contributed by atoms with Gasteiger partial charge in [0.25, 0.3) is 0 Å². The summed E-state index contributed by atoms with van der Waals surface area (Å²) in [6, 6.07) is 11.7. The van der Waals surface area contributed by atoms with Crippen LogP contribution in [0, 0.1) is 5.82 Å². The van der Waals surface area contributed by atoms with Crippen LogP contribution >= 0.6 is 0 Å². The maximum absolute atomic E-state index is 16.3. The zero-order chi connectivity index (χ0) is 24.9. The molecule has 4 aromatic rings. The molecule has 0 amide bonds. The average molecular weight is 502 g/mol. The Bertz CT molecular complexity index is 1480. The van der Waals surface area contributed by atoms with Gasteiger partial charge in [0.1, 0.15) is 28.9 Å². The van der Waals surface area contributed by atoms with Crippen molar-refractivity contribution in [1.82, 2.24) is 20.3 Å². The number of hydrogen-bond acceptors (Lipinski definition) is 8. The molecule has 3 aliphatic heterocycles. The first-order valence-electron chi connectivity index (χ1n) is 13.0. The molecule has 0 radical (unpaired) electrons. The fourth-order valence-corrected chi connectivity index (χ4v) is 5.91. The number of hydrogen-bond donors (Lipinski definition) is 2. The van der Waals surface area contributed by atoms with Crippen molar-refractivity contribution in [3.63, 3.8) is 0 Å². The number of anilines is 1. The summed E-state index contributed by atoms with van der Waals surface area (Å²) < 4.78 is 28.0. The van der Waals surface area contributed by atoms with Gasteiger partial charge < -0.3 is 24.8 Å². The number of fused-ring (bicyclic) bond motifs is 4. The van der Waals surface area contributed by atoms with Gasteiger partial charge in [0.15, 0.2) is 5.82 Å². The van der Waals surface area contributed by atoms with Gasteiger partial charge in [0, 0.05) is 49.8 Å². The fraction of sp³-hybridized carbons (Fsp3) is 0.393. The molecule has 190 valence electrons. The predicted octanol–water partition coefficient (Wildman–Crippen LogP) is 4.19. The summed E-state index contributed by atoms with van der Waals surface area (Å²) in [4.78, 5) is 16.1. The second-order valence-electron chi connectivity index (χ2n) is 10.2. The van der Waals surface area contributed by atoms with Gasteiger partial charge in [0.05, 0.1) is 18.6 Å². The number of nitrogens with zero attached hydrogens (tertiary/aromatic N) is 4.